The van der Waals surface area contributed by atoms with E-state index in [1.54, 1.807) is 47.5 Å². The van der Waals surface area contributed by atoms with E-state index in [2.05, 4.69) is 4.98 Å². The Morgan fingerprint density at radius 1 is 1.18 bits per heavy atom. The van der Waals surface area contributed by atoms with Crippen molar-refractivity contribution in [3.05, 3.63) is 83.6 Å². The second-order valence-corrected chi connectivity index (χ2v) is 7.00. The van der Waals surface area contributed by atoms with Gasteiger partial charge in [-0.25, -0.2) is 0 Å². The number of fused-ring (bicyclic) bond motifs is 1. The van der Waals surface area contributed by atoms with Crippen LogP contribution in [0.5, 0.6) is 0 Å². The van der Waals surface area contributed by atoms with Crippen LogP contribution in [-0.2, 0) is 11.3 Å². The fraction of sp³-hybridized carbons (Fsp3) is 0.227. The van der Waals surface area contributed by atoms with Gasteiger partial charge in [0.05, 0.1) is 36.5 Å². The molecule has 28 heavy (non-hydrogen) atoms. The highest BCUT2D eigenvalue weighted by molar-refractivity contribution is 6.11. The highest BCUT2D eigenvalue weighted by Gasteiger charge is 2.40. The largest absolute Gasteiger partial charge is 0.467 e. The first kappa shape index (κ1) is 18.0. The van der Waals surface area contributed by atoms with E-state index in [1.807, 2.05) is 37.3 Å². The van der Waals surface area contributed by atoms with Gasteiger partial charge in [-0.1, -0.05) is 17.7 Å². The summed E-state index contributed by atoms with van der Waals surface area (Å²) in [6.07, 6.45) is 3.40. The van der Waals surface area contributed by atoms with E-state index in [1.165, 1.54) is 0 Å². The minimum atomic E-state index is -0.432. The first-order chi connectivity index (χ1) is 13.5. The number of amides is 2. The zero-order valence-corrected chi connectivity index (χ0v) is 15.8. The molecule has 1 aromatic carbocycles. The number of aromatic nitrogens is 1. The van der Waals surface area contributed by atoms with E-state index in [-0.39, 0.29) is 18.2 Å². The molecule has 1 atom stereocenters. The lowest BCUT2D eigenvalue weighted by atomic mass is 10.1. The molecule has 0 N–H and O–H groups in total. The number of hydrogen-bond donors (Lipinski definition) is 0. The summed E-state index contributed by atoms with van der Waals surface area (Å²) in [7, 11) is 1.73. The molecule has 2 aromatic heterocycles. The van der Waals surface area contributed by atoms with E-state index >= 15 is 0 Å². The molecular weight excluding hydrogens is 354 g/mol. The van der Waals surface area contributed by atoms with Crippen molar-refractivity contribution in [2.24, 2.45) is 0 Å². The third kappa shape index (κ3) is 3.29. The molecule has 0 radical (unpaired) electrons. The average Bonchev–Trinajstić information content (AvgIpc) is 3.30. The fourth-order valence-corrected chi connectivity index (χ4v) is 3.49. The minimum Gasteiger partial charge on any atom is -0.467 e. The molecule has 0 bridgehead atoms. The summed E-state index contributed by atoms with van der Waals surface area (Å²) < 4.78 is 5.33. The Bertz CT molecular complexity index is 996. The first-order valence-corrected chi connectivity index (χ1v) is 9.16. The van der Waals surface area contributed by atoms with Gasteiger partial charge in [0.15, 0.2) is 0 Å². The summed E-state index contributed by atoms with van der Waals surface area (Å²) in [5.41, 5.74) is 3.07. The maximum Gasteiger partial charge on any atom is 0.260 e. The molecule has 0 aliphatic carbocycles. The highest BCUT2D eigenvalue weighted by Crippen LogP contribution is 2.38. The fourth-order valence-electron chi connectivity index (χ4n) is 3.49. The smallest absolute Gasteiger partial charge is 0.260 e. The number of aryl methyl sites for hydroxylation is 1. The molecule has 0 saturated carbocycles. The van der Waals surface area contributed by atoms with Gasteiger partial charge < -0.3 is 9.32 Å². The van der Waals surface area contributed by atoms with Crippen LogP contribution in [0.2, 0.25) is 0 Å². The van der Waals surface area contributed by atoms with Gasteiger partial charge >= 0.3 is 0 Å². The van der Waals surface area contributed by atoms with Crippen molar-refractivity contribution >= 4 is 17.5 Å². The number of furan rings is 1. The maximum atomic E-state index is 13.0. The van der Waals surface area contributed by atoms with Crippen LogP contribution in [0, 0.1) is 6.92 Å². The second-order valence-electron chi connectivity index (χ2n) is 7.00. The molecule has 0 saturated heterocycles. The number of carbonyl (C=O) groups excluding carboxylic acids is 2. The number of hydrogen-bond acceptors (Lipinski definition) is 4. The summed E-state index contributed by atoms with van der Waals surface area (Å²) >= 11 is 0. The monoisotopic (exact) mass is 375 g/mol. The topological polar surface area (TPSA) is 66.7 Å². The van der Waals surface area contributed by atoms with E-state index in [0.717, 1.165) is 11.3 Å². The number of pyridine rings is 1. The Morgan fingerprint density at radius 3 is 2.68 bits per heavy atom. The molecule has 3 aromatic rings. The van der Waals surface area contributed by atoms with Gasteiger partial charge in [0.1, 0.15) is 5.76 Å². The van der Waals surface area contributed by atoms with E-state index in [0.29, 0.717) is 23.6 Å². The van der Waals surface area contributed by atoms with E-state index in [9.17, 15) is 9.59 Å². The molecule has 2 amide bonds. The zero-order chi connectivity index (χ0) is 19.7. The van der Waals surface area contributed by atoms with Crippen LogP contribution in [0.25, 0.3) is 0 Å². The molecule has 6 nitrogen and oxygen atoms in total. The molecule has 3 heterocycles. The standard InChI is InChI=1S/C22H21N3O3/c1-15-7-9-16(10-8-15)25-19(21-18(22(25)27)6-3-11-23-21)13-20(26)24(2)14-17-5-4-12-28-17/h3-12,19H,13-14H2,1-2H3/t19-/m0/s1. The Hall–Kier alpha value is -3.41. The quantitative estimate of drug-likeness (QED) is 0.681. The summed E-state index contributed by atoms with van der Waals surface area (Å²) in [4.78, 5) is 33.6. The van der Waals surface area contributed by atoms with Crippen LogP contribution in [0.3, 0.4) is 0 Å². The van der Waals surface area contributed by atoms with Crippen molar-refractivity contribution in [3.63, 3.8) is 0 Å². The normalized spacial score (nSPS) is 15.6. The maximum absolute atomic E-state index is 13.0. The predicted octanol–water partition coefficient (Wildman–Crippen LogP) is 3.73. The number of anilines is 1. The number of rotatable bonds is 5. The second kappa shape index (κ2) is 7.31. The van der Waals surface area contributed by atoms with Gasteiger partial charge in [-0.15, -0.1) is 0 Å². The predicted molar refractivity (Wildman–Crippen MR) is 105 cm³/mol. The van der Waals surface area contributed by atoms with Crippen molar-refractivity contribution < 1.29 is 14.0 Å². The number of benzene rings is 1. The number of carbonyl (C=O) groups is 2. The lowest BCUT2D eigenvalue weighted by molar-refractivity contribution is -0.131. The minimum absolute atomic E-state index is 0.0789. The SMILES string of the molecule is Cc1ccc(N2C(=O)c3cccnc3[C@@H]2CC(=O)N(C)Cc2ccco2)cc1. The van der Waals surface area contributed by atoms with Gasteiger partial charge in [-0.2, -0.15) is 0 Å². The van der Waals surface area contributed by atoms with Crippen molar-refractivity contribution in [2.45, 2.75) is 25.9 Å². The lowest BCUT2D eigenvalue weighted by Crippen LogP contribution is -2.33. The summed E-state index contributed by atoms with van der Waals surface area (Å²) in [6.45, 7) is 2.38. The Labute approximate surface area is 163 Å². The third-order valence-electron chi connectivity index (χ3n) is 4.99. The molecule has 4 rings (SSSR count). The summed E-state index contributed by atoms with van der Waals surface area (Å²) in [5.74, 6) is 0.510. The van der Waals surface area contributed by atoms with Crippen LogP contribution in [-0.4, -0.2) is 28.7 Å². The Kier molecular flexibility index (Phi) is 4.69. The van der Waals surface area contributed by atoms with Gasteiger partial charge in [0.2, 0.25) is 5.91 Å². The molecule has 0 unspecified atom stereocenters. The van der Waals surface area contributed by atoms with Crippen molar-refractivity contribution in [1.82, 2.24) is 9.88 Å². The van der Waals surface area contributed by atoms with Crippen LogP contribution >= 0.6 is 0 Å². The molecule has 0 fully saturated rings. The average molecular weight is 375 g/mol. The molecule has 1 aliphatic rings. The van der Waals surface area contributed by atoms with Crippen LogP contribution in [0.1, 0.15) is 39.8 Å². The van der Waals surface area contributed by atoms with Crippen LogP contribution in [0.4, 0.5) is 5.69 Å². The van der Waals surface area contributed by atoms with Gasteiger partial charge in [-0.05, 0) is 43.3 Å². The molecule has 6 heteroatoms. The number of nitrogens with zero attached hydrogens (tertiary/aromatic N) is 3. The Balaban J connectivity index is 1.62. The first-order valence-electron chi connectivity index (χ1n) is 9.16. The van der Waals surface area contributed by atoms with Gasteiger partial charge in [0.25, 0.3) is 5.91 Å². The summed E-state index contributed by atoms with van der Waals surface area (Å²) in [6, 6.07) is 14.4. The van der Waals surface area contributed by atoms with Crippen LogP contribution in [0.15, 0.2) is 65.4 Å². The lowest BCUT2D eigenvalue weighted by Gasteiger charge is -2.26. The zero-order valence-electron chi connectivity index (χ0n) is 15.8. The van der Waals surface area contributed by atoms with Crippen molar-refractivity contribution in [2.75, 3.05) is 11.9 Å². The van der Waals surface area contributed by atoms with Crippen molar-refractivity contribution in [3.8, 4) is 0 Å². The van der Waals surface area contributed by atoms with Gasteiger partial charge in [-0.3, -0.25) is 19.5 Å². The molecule has 1 aliphatic heterocycles. The van der Waals surface area contributed by atoms with Crippen molar-refractivity contribution in [1.29, 1.82) is 0 Å². The third-order valence-corrected chi connectivity index (χ3v) is 4.99. The Morgan fingerprint density at radius 2 is 1.96 bits per heavy atom. The highest BCUT2D eigenvalue weighted by atomic mass is 16.3. The summed E-state index contributed by atoms with van der Waals surface area (Å²) in [5, 5.41) is 0. The molecular formula is C22H21N3O3. The van der Waals surface area contributed by atoms with Gasteiger partial charge in [0, 0.05) is 18.9 Å². The molecule has 0 spiro atoms. The molecule has 142 valence electrons. The van der Waals surface area contributed by atoms with E-state index < -0.39 is 6.04 Å². The van der Waals surface area contributed by atoms with E-state index in [4.69, 9.17) is 4.42 Å². The van der Waals surface area contributed by atoms with Crippen LogP contribution < -0.4 is 4.90 Å².